The van der Waals surface area contributed by atoms with Gasteiger partial charge < -0.3 is 15.5 Å². The highest BCUT2D eigenvalue weighted by Crippen LogP contribution is 2.17. The SMILES string of the molecule is CN(C)c1cc(N2CCN(CCN)CC2)ncn1. The number of anilines is 2. The molecule has 0 aromatic carbocycles. The van der Waals surface area contributed by atoms with Crippen LogP contribution in [-0.4, -0.2) is 68.2 Å². The van der Waals surface area contributed by atoms with Gasteiger partial charge in [0, 0.05) is 59.4 Å². The Morgan fingerprint density at radius 3 is 2.56 bits per heavy atom. The molecule has 0 saturated carbocycles. The van der Waals surface area contributed by atoms with E-state index >= 15 is 0 Å². The minimum absolute atomic E-state index is 0.734. The van der Waals surface area contributed by atoms with Gasteiger partial charge in [0.1, 0.15) is 18.0 Å². The molecule has 2 rings (SSSR count). The lowest BCUT2D eigenvalue weighted by molar-refractivity contribution is 0.264. The van der Waals surface area contributed by atoms with Crippen LogP contribution in [0.1, 0.15) is 0 Å². The first kappa shape index (κ1) is 13.0. The summed E-state index contributed by atoms with van der Waals surface area (Å²) < 4.78 is 0. The zero-order valence-electron chi connectivity index (χ0n) is 11.2. The molecule has 0 radical (unpaired) electrons. The lowest BCUT2D eigenvalue weighted by Gasteiger charge is -2.35. The molecule has 1 aliphatic rings. The van der Waals surface area contributed by atoms with Crippen LogP contribution in [0.3, 0.4) is 0 Å². The summed E-state index contributed by atoms with van der Waals surface area (Å²) in [6.45, 7) is 5.84. The van der Waals surface area contributed by atoms with E-state index in [0.29, 0.717) is 0 Å². The fraction of sp³-hybridized carbons (Fsp3) is 0.667. The average molecular weight is 250 g/mol. The van der Waals surface area contributed by atoms with Gasteiger partial charge in [-0.15, -0.1) is 0 Å². The predicted molar refractivity (Wildman–Crippen MR) is 74.1 cm³/mol. The van der Waals surface area contributed by atoms with Gasteiger partial charge in [-0.05, 0) is 0 Å². The normalized spacial score (nSPS) is 16.9. The Hall–Kier alpha value is -1.40. The molecule has 6 heteroatoms. The van der Waals surface area contributed by atoms with Crippen molar-refractivity contribution < 1.29 is 0 Å². The molecule has 1 saturated heterocycles. The van der Waals surface area contributed by atoms with E-state index in [9.17, 15) is 0 Å². The van der Waals surface area contributed by atoms with E-state index in [1.807, 2.05) is 25.1 Å². The maximum absolute atomic E-state index is 5.58. The number of nitrogens with two attached hydrogens (primary N) is 1. The Morgan fingerprint density at radius 1 is 1.22 bits per heavy atom. The Kier molecular flexibility index (Phi) is 4.33. The largest absolute Gasteiger partial charge is 0.363 e. The third-order valence-electron chi connectivity index (χ3n) is 3.24. The summed E-state index contributed by atoms with van der Waals surface area (Å²) in [6.07, 6.45) is 1.64. The summed E-state index contributed by atoms with van der Waals surface area (Å²) in [4.78, 5) is 15.3. The first-order valence-electron chi connectivity index (χ1n) is 6.37. The molecule has 2 heterocycles. The van der Waals surface area contributed by atoms with Crippen molar-refractivity contribution in [3.05, 3.63) is 12.4 Å². The van der Waals surface area contributed by atoms with Crippen molar-refractivity contribution >= 4 is 11.6 Å². The smallest absolute Gasteiger partial charge is 0.134 e. The van der Waals surface area contributed by atoms with Gasteiger partial charge in [-0.25, -0.2) is 9.97 Å². The fourth-order valence-corrected chi connectivity index (χ4v) is 2.14. The second-order valence-electron chi connectivity index (χ2n) is 4.75. The van der Waals surface area contributed by atoms with Gasteiger partial charge in [0.2, 0.25) is 0 Å². The molecule has 0 spiro atoms. The van der Waals surface area contributed by atoms with Crippen LogP contribution in [0.25, 0.3) is 0 Å². The van der Waals surface area contributed by atoms with E-state index in [1.54, 1.807) is 6.33 Å². The molecule has 100 valence electrons. The second kappa shape index (κ2) is 5.97. The molecule has 0 atom stereocenters. The van der Waals surface area contributed by atoms with Crippen molar-refractivity contribution in [2.45, 2.75) is 0 Å². The topological polar surface area (TPSA) is 61.5 Å². The Balaban J connectivity index is 1.98. The van der Waals surface area contributed by atoms with E-state index in [1.165, 1.54) is 0 Å². The van der Waals surface area contributed by atoms with Crippen LogP contribution >= 0.6 is 0 Å². The highest BCUT2D eigenvalue weighted by Gasteiger charge is 2.17. The number of piperazine rings is 1. The molecular weight excluding hydrogens is 228 g/mol. The van der Waals surface area contributed by atoms with Gasteiger partial charge >= 0.3 is 0 Å². The van der Waals surface area contributed by atoms with Crippen LogP contribution < -0.4 is 15.5 Å². The zero-order chi connectivity index (χ0) is 13.0. The molecule has 0 amide bonds. The van der Waals surface area contributed by atoms with Gasteiger partial charge in [0.25, 0.3) is 0 Å². The van der Waals surface area contributed by atoms with E-state index in [-0.39, 0.29) is 0 Å². The predicted octanol–water partition coefficient (Wildman–Crippen LogP) is -0.377. The van der Waals surface area contributed by atoms with Crippen molar-refractivity contribution in [2.75, 3.05) is 63.2 Å². The van der Waals surface area contributed by atoms with Gasteiger partial charge in [0.15, 0.2) is 0 Å². The fourth-order valence-electron chi connectivity index (χ4n) is 2.14. The van der Waals surface area contributed by atoms with Crippen LogP contribution in [-0.2, 0) is 0 Å². The third kappa shape index (κ3) is 3.08. The van der Waals surface area contributed by atoms with Crippen molar-refractivity contribution in [1.82, 2.24) is 14.9 Å². The first-order chi connectivity index (χ1) is 8.70. The standard InChI is InChI=1S/C12H22N6/c1-16(2)11-9-12(15-10-14-11)18-7-5-17(4-3-13)6-8-18/h9-10H,3-8,13H2,1-2H3. The second-order valence-corrected chi connectivity index (χ2v) is 4.75. The van der Waals surface area contributed by atoms with Crippen LogP contribution in [0.5, 0.6) is 0 Å². The highest BCUT2D eigenvalue weighted by molar-refractivity contribution is 5.49. The molecule has 1 aromatic heterocycles. The summed E-state index contributed by atoms with van der Waals surface area (Å²) in [6, 6.07) is 2.04. The molecule has 0 unspecified atom stereocenters. The number of rotatable bonds is 4. The molecule has 1 fully saturated rings. The monoisotopic (exact) mass is 250 g/mol. The van der Waals surface area contributed by atoms with Gasteiger partial charge in [-0.1, -0.05) is 0 Å². The molecule has 18 heavy (non-hydrogen) atoms. The molecule has 0 bridgehead atoms. The van der Waals surface area contributed by atoms with E-state index in [4.69, 9.17) is 5.73 Å². The van der Waals surface area contributed by atoms with Gasteiger partial charge in [-0.3, -0.25) is 4.90 Å². The lowest BCUT2D eigenvalue weighted by atomic mass is 10.3. The summed E-state index contributed by atoms with van der Waals surface area (Å²) >= 11 is 0. The number of nitrogens with zero attached hydrogens (tertiary/aromatic N) is 5. The third-order valence-corrected chi connectivity index (χ3v) is 3.24. The summed E-state index contributed by atoms with van der Waals surface area (Å²) in [5.41, 5.74) is 5.58. The molecule has 2 N–H and O–H groups in total. The summed E-state index contributed by atoms with van der Waals surface area (Å²) in [5, 5.41) is 0. The summed E-state index contributed by atoms with van der Waals surface area (Å²) in [5.74, 6) is 1.96. The Bertz CT molecular complexity index is 373. The van der Waals surface area contributed by atoms with Crippen molar-refractivity contribution in [3.8, 4) is 0 Å². The molecule has 1 aromatic rings. The molecule has 6 nitrogen and oxygen atoms in total. The van der Waals surface area contributed by atoms with Crippen molar-refractivity contribution in [3.63, 3.8) is 0 Å². The molecule has 0 aliphatic carbocycles. The summed E-state index contributed by atoms with van der Waals surface area (Å²) in [7, 11) is 3.98. The Labute approximate surface area is 108 Å². The van der Waals surface area contributed by atoms with Gasteiger partial charge in [0.05, 0.1) is 0 Å². The minimum Gasteiger partial charge on any atom is -0.363 e. The molecule has 1 aliphatic heterocycles. The van der Waals surface area contributed by atoms with Gasteiger partial charge in [-0.2, -0.15) is 0 Å². The zero-order valence-corrected chi connectivity index (χ0v) is 11.2. The maximum Gasteiger partial charge on any atom is 0.134 e. The quantitative estimate of drug-likeness (QED) is 0.786. The van der Waals surface area contributed by atoms with E-state index in [2.05, 4.69) is 19.8 Å². The Morgan fingerprint density at radius 2 is 1.94 bits per heavy atom. The van der Waals surface area contributed by atoms with Crippen LogP contribution in [0.4, 0.5) is 11.6 Å². The van der Waals surface area contributed by atoms with Crippen molar-refractivity contribution in [1.29, 1.82) is 0 Å². The van der Waals surface area contributed by atoms with E-state index in [0.717, 1.165) is 50.9 Å². The first-order valence-corrected chi connectivity index (χ1v) is 6.37. The maximum atomic E-state index is 5.58. The number of aromatic nitrogens is 2. The minimum atomic E-state index is 0.734. The van der Waals surface area contributed by atoms with Crippen LogP contribution in [0.2, 0.25) is 0 Å². The number of hydrogen-bond acceptors (Lipinski definition) is 6. The average Bonchev–Trinajstić information content (AvgIpc) is 2.40. The number of hydrogen-bond donors (Lipinski definition) is 1. The van der Waals surface area contributed by atoms with Crippen molar-refractivity contribution in [2.24, 2.45) is 5.73 Å². The molecular formula is C12H22N6. The lowest BCUT2D eigenvalue weighted by Crippen LogP contribution is -2.48. The van der Waals surface area contributed by atoms with E-state index < -0.39 is 0 Å². The van der Waals surface area contributed by atoms with Crippen LogP contribution in [0.15, 0.2) is 12.4 Å². The van der Waals surface area contributed by atoms with Crippen LogP contribution in [0, 0.1) is 0 Å². The highest BCUT2D eigenvalue weighted by atomic mass is 15.3.